The Kier molecular flexibility index (Phi) is 5.33. The van der Waals surface area contributed by atoms with Crippen LogP contribution in [0.1, 0.15) is 69.4 Å². The molecule has 170 valence electrons. The number of anilines is 1. The van der Waals surface area contributed by atoms with Gasteiger partial charge in [-0.3, -0.25) is 19.2 Å². The Labute approximate surface area is 197 Å². The molecule has 2 amide bonds. The van der Waals surface area contributed by atoms with Gasteiger partial charge in [0.15, 0.2) is 18.2 Å². The van der Waals surface area contributed by atoms with Gasteiger partial charge in [0.2, 0.25) is 0 Å². The zero-order chi connectivity index (χ0) is 24.0. The number of carbonyl (C=O) groups is 5. The molecule has 0 saturated heterocycles. The number of thiophene rings is 1. The highest BCUT2D eigenvalue weighted by Gasteiger charge is 2.33. The predicted octanol–water partition coefficient (Wildman–Crippen LogP) is 2.91. The molecule has 9 heteroatoms. The maximum absolute atomic E-state index is 13.0. The van der Waals surface area contributed by atoms with Crippen LogP contribution in [0.2, 0.25) is 0 Å². The molecule has 8 nitrogen and oxygen atoms in total. The second-order valence-electron chi connectivity index (χ2n) is 7.98. The summed E-state index contributed by atoms with van der Waals surface area (Å²) >= 11 is 1.29. The van der Waals surface area contributed by atoms with Gasteiger partial charge in [-0.05, 0) is 30.9 Å². The summed E-state index contributed by atoms with van der Waals surface area (Å²) in [7, 11) is 0. The van der Waals surface area contributed by atoms with E-state index in [0.717, 1.165) is 29.7 Å². The van der Waals surface area contributed by atoms with Gasteiger partial charge in [-0.25, -0.2) is 4.79 Å². The molecule has 1 heterocycles. The lowest BCUT2D eigenvalue weighted by Crippen LogP contribution is -2.26. The van der Waals surface area contributed by atoms with E-state index in [1.165, 1.54) is 35.6 Å². The molecule has 34 heavy (non-hydrogen) atoms. The van der Waals surface area contributed by atoms with Crippen molar-refractivity contribution in [2.75, 3.05) is 11.9 Å². The summed E-state index contributed by atoms with van der Waals surface area (Å²) in [5, 5.41) is 2.94. The Morgan fingerprint density at radius 3 is 2.38 bits per heavy atom. The van der Waals surface area contributed by atoms with E-state index in [4.69, 9.17) is 10.5 Å². The SMILES string of the molecule is NC(=O)c1c(NC(=O)COC(=O)c2cccc3c2C(=O)c2ccccc2C3=O)sc2c1CCC2. The minimum atomic E-state index is -0.906. The van der Waals surface area contributed by atoms with Crippen LogP contribution in [0.15, 0.2) is 42.5 Å². The van der Waals surface area contributed by atoms with Gasteiger partial charge in [0, 0.05) is 27.1 Å². The molecule has 3 N–H and O–H groups in total. The highest BCUT2D eigenvalue weighted by atomic mass is 32.1. The molecule has 0 fully saturated rings. The number of carbonyl (C=O) groups excluding carboxylic acids is 5. The summed E-state index contributed by atoms with van der Waals surface area (Å²) in [6.45, 7) is -0.637. The molecule has 2 aliphatic rings. The number of rotatable bonds is 5. The maximum Gasteiger partial charge on any atom is 0.339 e. The Bertz CT molecular complexity index is 1420. The number of esters is 1. The summed E-state index contributed by atoms with van der Waals surface area (Å²) in [5.41, 5.74) is 7.14. The summed E-state index contributed by atoms with van der Waals surface area (Å²) in [4.78, 5) is 64.0. The molecule has 0 radical (unpaired) electrons. The molecule has 0 aliphatic heterocycles. The normalized spacial score (nSPS) is 13.6. The average Bonchev–Trinajstić information content (AvgIpc) is 3.41. The standard InChI is InChI=1S/C25H18N2O6S/c26-23(31)20-14-7-4-10-17(14)34-24(20)27-18(28)11-33-25(32)16-9-3-8-15-19(16)22(30)13-6-2-1-5-12(13)21(15)29/h1-3,5-6,8-9H,4,7,10-11H2,(H2,26,31)(H,27,28). The van der Waals surface area contributed by atoms with E-state index in [-0.39, 0.29) is 33.6 Å². The first-order chi connectivity index (χ1) is 16.4. The molecule has 0 spiro atoms. The van der Waals surface area contributed by atoms with Crippen LogP contribution >= 0.6 is 11.3 Å². The van der Waals surface area contributed by atoms with E-state index < -0.39 is 30.2 Å². The van der Waals surface area contributed by atoms with Crippen molar-refractivity contribution in [3.8, 4) is 0 Å². The average molecular weight is 474 g/mol. The number of hydrogen-bond acceptors (Lipinski definition) is 7. The lowest BCUT2D eigenvalue weighted by molar-refractivity contribution is -0.119. The minimum Gasteiger partial charge on any atom is -0.452 e. The van der Waals surface area contributed by atoms with Crippen molar-refractivity contribution in [3.63, 3.8) is 0 Å². The van der Waals surface area contributed by atoms with Crippen molar-refractivity contribution in [3.05, 3.63) is 86.3 Å². The lowest BCUT2D eigenvalue weighted by atomic mass is 9.82. The van der Waals surface area contributed by atoms with Crippen molar-refractivity contribution in [1.29, 1.82) is 0 Å². The molecule has 0 unspecified atom stereocenters. The van der Waals surface area contributed by atoms with Crippen molar-refractivity contribution in [2.45, 2.75) is 19.3 Å². The van der Waals surface area contributed by atoms with E-state index in [1.807, 2.05) is 0 Å². The van der Waals surface area contributed by atoms with Crippen LogP contribution in [-0.4, -0.2) is 36.0 Å². The van der Waals surface area contributed by atoms with Crippen LogP contribution in [0.3, 0.4) is 0 Å². The molecule has 5 rings (SSSR count). The number of hydrogen-bond donors (Lipinski definition) is 2. The molecule has 0 atom stereocenters. The molecule has 2 aliphatic carbocycles. The number of primary amides is 1. The van der Waals surface area contributed by atoms with Gasteiger partial charge in [-0.1, -0.05) is 36.4 Å². The summed E-state index contributed by atoms with van der Waals surface area (Å²) < 4.78 is 5.15. The smallest absolute Gasteiger partial charge is 0.339 e. The number of aryl methyl sites for hydroxylation is 1. The first kappa shape index (κ1) is 21.7. The number of nitrogens with one attached hydrogen (secondary N) is 1. The van der Waals surface area contributed by atoms with Gasteiger partial charge in [0.25, 0.3) is 11.8 Å². The van der Waals surface area contributed by atoms with E-state index >= 15 is 0 Å². The van der Waals surface area contributed by atoms with Crippen molar-refractivity contribution < 1.29 is 28.7 Å². The van der Waals surface area contributed by atoms with E-state index in [2.05, 4.69) is 5.32 Å². The fourth-order valence-electron chi connectivity index (χ4n) is 4.44. The molecular weight excluding hydrogens is 456 g/mol. The fraction of sp³-hybridized carbons (Fsp3) is 0.160. The fourth-order valence-corrected chi connectivity index (χ4v) is 5.75. The first-order valence-corrected chi connectivity index (χ1v) is 11.4. The van der Waals surface area contributed by atoms with Gasteiger partial charge in [0.1, 0.15) is 5.00 Å². The van der Waals surface area contributed by atoms with Gasteiger partial charge in [0.05, 0.1) is 11.1 Å². The first-order valence-electron chi connectivity index (χ1n) is 10.6. The molecule has 1 aromatic heterocycles. The van der Waals surface area contributed by atoms with E-state index in [1.54, 1.807) is 18.2 Å². The summed E-state index contributed by atoms with van der Waals surface area (Å²) in [5.74, 6) is -2.99. The van der Waals surface area contributed by atoms with E-state index in [0.29, 0.717) is 10.6 Å². The monoisotopic (exact) mass is 474 g/mol. The number of benzene rings is 2. The highest BCUT2D eigenvalue weighted by Crippen LogP contribution is 2.38. The van der Waals surface area contributed by atoms with Crippen LogP contribution in [0.25, 0.3) is 0 Å². The quantitative estimate of drug-likeness (QED) is 0.428. The van der Waals surface area contributed by atoms with Gasteiger partial charge < -0.3 is 15.8 Å². The van der Waals surface area contributed by atoms with Crippen LogP contribution in [0, 0.1) is 0 Å². The Balaban J connectivity index is 1.34. The molecule has 2 aromatic carbocycles. The molecular formula is C25H18N2O6S. The maximum atomic E-state index is 13.0. The van der Waals surface area contributed by atoms with Gasteiger partial charge in [-0.15, -0.1) is 11.3 Å². The Morgan fingerprint density at radius 1 is 0.941 bits per heavy atom. The third kappa shape index (κ3) is 3.50. The second kappa shape index (κ2) is 8.35. The van der Waals surface area contributed by atoms with Crippen LogP contribution in [0.4, 0.5) is 5.00 Å². The van der Waals surface area contributed by atoms with Crippen molar-refractivity contribution in [2.24, 2.45) is 5.73 Å². The number of amides is 2. The number of ketones is 2. The van der Waals surface area contributed by atoms with Crippen LogP contribution < -0.4 is 11.1 Å². The number of ether oxygens (including phenoxy) is 1. The van der Waals surface area contributed by atoms with Crippen molar-refractivity contribution >= 4 is 45.7 Å². The molecule has 0 saturated carbocycles. The second-order valence-corrected chi connectivity index (χ2v) is 9.09. The molecule has 3 aromatic rings. The van der Waals surface area contributed by atoms with E-state index in [9.17, 15) is 24.0 Å². The summed E-state index contributed by atoms with van der Waals surface area (Å²) in [6.07, 6.45) is 2.48. The largest absolute Gasteiger partial charge is 0.452 e. The minimum absolute atomic E-state index is 0.0395. The third-order valence-corrected chi connectivity index (χ3v) is 7.13. The van der Waals surface area contributed by atoms with Crippen molar-refractivity contribution in [1.82, 2.24) is 0 Å². The zero-order valence-corrected chi connectivity index (χ0v) is 18.6. The zero-order valence-electron chi connectivity index (χ0n) is 17.8. The van der Waals surface area contributed by atoms with Crippen LogP contribution in [0.5, 0.6) is 0 Å². The van der Waals surface area contributed by atoms with Gasteiger partial charge >= 0.3 is 5.97 Å². The lowest BCUT2D eigenvalue weighted by Gasteiger charge is -2.19. The number of nitrogens with two attached hydrogens (primary N) is 1. The third-order valence-electron chi connectivity index (χ3n) is 5.93. The highest BCUT2D eigenvalue weighted by molar-refractivity contribution is 7.17. The molecule has 0 bridgehead atoms. The summed E-state index contributed by atoms with van der Waals surface area (Å²) in [6, 6.07) is 10.8. The Hall–Kier alpha value is -4.11. The Morgan fingerprint density at radius 2 is 1.65 bits per heavy atom. The predicted molar refractivity (Wildman–Crippen MR) is 124 cm³/mol. The van der Waals surface area contributed by atoms with Crippen LogP contribution in [-0.2, 0) is 22.4 Å². The topological polar surface area (TPSA) is 133 Å². The van der Waals surface area contributed by atoms with Gasteiger partial charge in [-0.2, -0.15) is 0 Å². The number of fused-ring (bicyclic) bond motifs is 3.